The Morgan fingerprint density at radius 3 is 2.17 bits per heavy atom. The van der Waals surface area contributed by atoms with Crippen LogP contribution in [0.25, 0.3) is 0 Å². The van der Waals surface area contributed by atoms with Crippen LogP contribution in [0.4, 0.5) is 0 Å². The van der Waals surface area contributed by atoms with Crippen LogP contribution in [-0.2, 0) is 28.5 Å². The highest BCUT2D eigenvalue weighted by molar-refractivity contribution is 8.10. The van der Waals surface area contributed by atoms with E-state index in [1.807, 2.05) is 0 Å². The molecule has 0 aromatic heterocycles. The maximum atomic E-state index is 12.9. The van der Waals surface area contributed by atoms with Gasteiger partial charge in [-0.05, 0) is 24.1 Å². The van der Waals surface area contributed by atoms with Gasteiger partial charge in [-0.15, -0.1) is 0 Å². The van der Waals surface area contributed by atoms with E-state index in [1.54, 1.807) is 0 Å². The molecule has 2 aliphatic heterocycles. The van der Waals surface area contributed by atoms with Crippen molar-refractivity contribution in [2.45, 2.75) is 23.0 Å². The first kappa shape index (κ1) is 17.5. The van der Waals surface area contributed by atoms with Crippen LogP contribution in [0.15, 0.2) is 18.2 Å². The molecule has 0 radical (unpaired) electrons. The van der Waals surface area contributed by atoms with E-state index in [-0.39, 0.29) is 36.0 Å². The van der Waals surface area contributed by atoms with Crippen molar-refractivity contribution >= 4 is 19.7 Å². The zero-order valence-corrected chi connectivity index (χ0v) is 15.2. The lowest BCUT2D eigenvalue weighted by atomic mass is 10.1. The zero-order valence-electron chi connectivity index (χ0n) is 13.5. The molecule has 1 atom stereocenters. The van der Waals surface area contributed by atoms with Gasteiger partial charge in [0.1, 0.15) is 0 Å². The van der Waals surface area contributed by atoms with Crippen molar-refractivity contribution in [1.82, 2.24) is 0 Å². The maximum Gasteiger partial charge on any atom is 0.200 e. The summed E-state index contributed by atoms with van der Waals surface area (Å²) in [4.78, 5) is 0. The molecule has 0 amide bonds. The van der Waals surface area contributed by atoms with Gasteiger partial charge in [-0.2, -0.15) is 0 Å². The van der Waals surface area contributed by atoms with Gasteiger partial charge in [0.25, 0.3) is 0 Å². The van der Waals surface area contributed by atoms with Gasteiger partial charge in [0.2, 0.25) is 4.08 Å². The molecule has 2 heterocycles. The minimum atomic E-state index is -3.91. The lowest BCUT2D eigenvalue weighted by Gasteiger charge is -2.36. The molecule has 0 bridgehead atoms. The quantitative estimate of drug-likeness (QED) is 0.703. The fourth-order valence-corrected chi connectivity index (χ4v) is 9.04. The normalized spacial score (nSPS) is 26.5. The summed E-state index contributed by atoms with van der Waals surface area (Å²) < 4.78 is 65.3. The Hall–Kier alpha value is -1.32. The number of methoxy groups -OCH3 is 2. The molecule has 2 saturated heterocycles. The molecule has 0 aliphatic carbocycles. The Bertz CT molecular complexity index is 805. The van der Waals surface area contributed by atoms with Crippen LogP contribution < -0.4 is 9.47 Å². The Balaban J connectivity index is 2.26. The van der Waals surface area contributed by atoms with Crippen LogP contribution in [0, 0.1) is 0 Å². The summed E-state index contributed by atoms with van der Waals surface area (Å²) in [5.41, 5.74) is 0.190. The molecule has 1 unspecified atom stereocenters. The first-order valence-corrected chi connectivity index (χ1v) is 10.9. The zero-order chi connectivity index (χ0) is 17.6. The fraction of sp³-hybridized carbons (Fsp3) is 0.600. The summed E-state index contributed by atoms with van der Waals surface area (Å²) in [7, 11) is -4.94. The standard InChI is InChI=1S/C15H20O7S2/c1-20-13-5-4-11(8-14(13)21-2)15(9-12-10-22-12)23(16,17)6-3-7-24(15,18)19/h4-5,8,12H,3,6-7,9-10H2,1-2H3. The molecule has 3 rings (SSSR count). The Morgan fingerprint density at radius 1 is 1.08 bits per heavy atom. The minimum Gasteiger partial charge on any atom is -0.493 e. The van der Waals surface area contributed by atoms with E-state index >= 15 is 0 Å². The predicted octanol–water partition coefficient (Wildman–Crippen LogP) is 0.879. The smallest absolute Gasteiger partial charge is 0.200 e. The van der Waals surface area contributed by atoms with Crippen molar-refractivity contribution in [2.24, 2.45) is 0 Å². The summed E-state index contributed by atoms with van der Waals surface area (Å²) in [5.74, 6) is 0.382. The summed E-state index contributed by atoms with van der Waals surface area (Å²) in [6.07, 6.45) is -0.334. The number of rotatable bonds is 5. The van der Waals surface area contributed by atoms with E-state index in [4.69, 9.17) is 14.2 Å². The van der Waals surface area contributed by atoms with Crippen LogP contribution in [0.1, 0.15) is 18.4 Å². The predicted molar refractivity (Wildman–Crippen MR) is 87.8 cm³/mol. The molecular formula is C15H20O7S2. The minimum absolute atomic E-state index is 0.0901. The summed E-state index contributed by atoms with van der Waals surface area (Å²) in [5, 5.41) is 0. The van der Waals surface area contributed by atoms with Gasteiger partial charge >= 0.3 is 0 Å². The molecule has 7 nitrogen and oxygen atoms in total. The van der Waals surface area contributed by atoms with Crippen molar-refractivity contribution in [2.75, 3.05) is 32.3 Å². The molecule has 0 N–H and O–H groups in total. The van der Waals surface area contributed by atoms with E-state index < -0.39 is 23.8 Å². The molecule has 0 spiro atoms. The van der Waals surface area contributed by atoms with Gasteiger partial charge in [-0.25, -0.2) is 16.8 Å². The van der Waals surface area contributed by atoms with Crippen molar-refractivity contribution in [3.8, 4) is 11.5 Å². The Labute approximate surface area is 141 Å². The fourth-order valence-electron chi connectivity index (χ4n) is 3.25. The second kappa shape index (κ2) is 5.89. The second-order valence-electron chi connectivity index (χ2n) is 5.97. The second-order valence-corrected chi connectivity index (χ2v) is 10.9. The SMILES string of the molecule is COc1ccc(C2(CC3CO3)S(=O)(=O)CCCS2(=O)=O)cc1OC. The summed E-state index contributed by atoms with van der Waals surface area (Å²) in [6, 6.07) is 4.47. The molecule has 134 valence electrons. The number of hydrogen-bond acceptors (Lipinski definition) is 7. The van der Waals surface area contributed by atoms with Gasteiger partial charge in [-0.3, -0.25) is 0 Å². The topological polar surface area (TPSA) is 99.3 Å². The molecule has 1 aromatic carbocycles. The van der Waals surface area contributed by atoms with Gasteiger partial charge in [0, 0.05) is 6.42 Å². The van der Waals surface area contributed by atoms with Gasteiger partial charge in [-0.1, -0.05) is 6.07 Å². The van der Waals surface area contributed by atoms with Crippen molar-refractivity contribution < 1.29 is 31.0 Å². The molecular weight excluding hydrogens is 356 g/mol. The number of hydrogen-bond donors (Lipinski definition) is 0. The van der Waals surface area contributed by atoms with Gasteiger partial charge in [0.05, 0.1) is 38.4 Å². The highest BCUT2D eigenvalue weighted by atomic mass is 32.3. The van der Waals surface area contributed by atoms with Gasteiger partial charge in [0.15, 0.2) is 31.2 Å². The monoisotopic (exact) mass is 376 g/mol. The van der Waals surface area contributed by atoms with Crippen LogP contribution in [-0.4, -0.2) is 55.3 Å². The van der Waals surface area contributed by atoms with E-state index in [1.165, 1.54) is 32.4 Å². The molecule has 2 aliphatic rings. The maximum absolute atomic E-state index is 12.9. The molecule has 9 heteroatoms. The van der Waals surface area contributed by atoms with Crippen LogP contribution in [0.5, 0.6) is 11.5 Å². The largest absolute Gasteiger partial charge is 0.493 e. The third-order valence-corrected chi connectivity index (χ3v) is 10.5. The summed E-state index contributed by atoms with van der Waals surface area (Å²) in [6.45, 7) is 0.375. The van der Waals surface area contributed by atoms with Crippen molar-refractivity contribution in [3.05, 3.63) is 23.8 Å². The van der Waals surface area contributed by atoms with E-state index in [0.717, 1.165) is 0 Å². The lowest BCUT2D eigenvalue weighted by Crippen LogP contribution is -2.50. The average Bonchev–Trinajstić information content (AvgIpc) is 3.34. The van der Waals surface area contributed by atoms with E-state index in [9.17, 15) is 16.8 Å². The highest BCUT2D eigenvalue weighted by Crippen LogP contribution is 2.48. The summed E-state index contributed by atoms with van der Waals surface area (Å²) >= 11 is 0. The Kier molecular flexibility index (Phi) is 4.29. The number of benzene rings is 1. The highest BCUT2D eigenvalue weighted by Gasteiger charge is 2.60. The van der Waals surface area contributed by atoms with E-state index in [2.05, 4.69) is 0 Å². The van der Waals surface area contributed by atoms with Crippen molar-refractivity contribution in [1.29, 1.82) is 0 Å². The molecule has 0 saturated carbocycles. The van der Waals surface area contributed by atoms with E-state index in [0.29, 0.717) is 18.1 Å². The first-order valence-electron chi connectivity index (χ1n) is 7.56. The van der Waals surface area contributed by atoms with Crippen LogP contribution in [0.2, 0.25) is 0 Å². The lowest BCUT2D eigenvalue weighted by molar-refractivity contribution is 0.353. The number of ether oxygens (including phenoxy) is 3. The van der Waals surface area contributed by atoms with Crippen LogP contribution in [0.3, 0.4) is 0 Å². The number of epoxide rings is 1. The molecule has 24 heavy (non-hydrogen) atoms. The van der Waals surface area contributed by atoms with Gasteiger partial charge < -0.3 is 14.2 Å². The third-order valence-electron chi connectivity index (χ3n) is 4.55. The average molecular weight is 376 g/mol. The number of sulfone groups is 2. The Morgan fingerprint density at radius 2 is 1.67 bits per heavy atom. The van der Waals surface area contributed by atoms with Crippen LogP contribution >= 0.6 is 0 Å². The molecule has 1 aromatic rings. The third kappa shape index (κ3) is 2.58. The van der Waals surface area contributed by atoms with Crippen molar-refractivity contribution in [3.63, 3.8) is 0 Å². The first-order chi connectivity index (χ1) is 11.3. The molecule has 2 fully saturated rings.